The van der Waals surface area contributed by atoms with Crippen molar-refractivity contribution in [2.24, 2.45) is 0 Å². The summed E-state index contributed by atoms with van der Waals surface area (Å²) in [7, 11) is 0. The standard InChI is InChI=1S/C9H9Cl3O/c1-6-3-4-7(2)8(5-6)13-9(10,11)12/h3-5H,1-2H3. The molecular weight excluding hydrogens is 230 g/mol. The normalized spacial score (nSPS) is 11.5. The molecule has 0 atom stereocenters. The first-order valence-corrected chi connectivity index (χ1v) is 4.85. The van der Waals surface area contributed by atoms with Crippen molar-refractivity contribution in [1.82, 2.24) is 0 Å². The number of benzene rings is 1. The molecule has 72 valence electrons. The first kappa shape index (κ1) is 11.0. The maximum absolute atomic E-state index is 5.50. The Hall–Kier alpha value is -0.110. The summed E-state index contributed by atoms with van der Waals surface area (Å²) in [6.45, 7) is 3.84. The van der Waals surface area contributed by atoms with Crippen LogP contribution in [0.4, 0.5) is 0 Å². The molecule has 0 aliphatic rings. The zero-order valence-corrected chi connectivity index (χ0v) is 9.54. The largest absolute Gasteiger partial charge is 0.445 e. The summed E-state index contributed by atoms with van der Waals surface area (Å²) in [5.41, 5.74) is 2.01. The molecule has 0 saturated carbocycles. The van der Waals surface area contributed by atoms with E-state index in [0.717, 1.165) is 11.1 Å². The molecule has 0 unspecified atom stereocenters. The van der Waals surface area contributed by atoms with E-state index >= 15 is 0 Å². The molecule has 0 saturated heterocycles. The molecule has 0 radical (unpaired) electrons. The van der Waals surface area contributed by atoms with Gasteiger partial charge in [-0.2, -0.15) is 0 Å². The van der Waals surface area contributed by atoms with Gasteiger partial charge in [-0.25, -0.2) is 0 Å². The van der Waals surface area contributed by atoms with Crippen molar-refractivity contribution in [3.05, 3.63) is 29.3 Å². The molecule has 1 aromatic rings. The fourth-order valence-electron chi connectivity index (χ4n) is 0.942. The molecule has 0 amide bonds. The second-order valence-corrected chi connectivity index (χ2v) is 4.99. The van der Waals surface area contributed by atoms with E-state index in [0.29, 0.717) is 5.75 Å². The van der Waals surface area contributed by atoms with Crippen molar-refractivity contribution >= 4 is 34.8 Å². The summed E-state index contributed by atoms with van der Waals surface area (Å²) in [5, 5.41) is 0. The van der Waals surface area contributed by atoms with Crippen LogP contribution in [0.2, 0.25) is 0 Å². The van der Waals surface area contributed by atoms with E-state index in [9.17, 15) is 0 Å². The monoisotopic (exact) mass is 238 g/mol. The van der Waals surface area contributed by atoms with E-state index in [1.807, 2.05) is 32.0 Å². The predicted molar refractivity (Wildman–Crippen MR) is 56.8 cm³/mol. The van der Waals surface area contributed by atoms with E-state index in [2.05, 4.69) is 0 Å². The van der Waals surface area contributed by atoms with Crippen LogP contribution in [-0.4, -0.2) is 3.98 Å². The fourth-order valence-corrected chi connectivity index (χ4v) is 1.19. The van der Waals surface area contributed by atoms with Gasteiger partial charge in [-0.05, 0) is 65.8 Å². The third-order valence-electron chi connectivity index (χ3n) is 1.57. The van der Waals surface area contributed by atoms with Crippen LogP contribution in [0.3, 0.4) is 0 Å². The Morgan fingerprint density at radius 2 is 1.77 bits per heavy atom. The van der Waals surface area contributed by atoms with E-state index in [1.165, 1.54) is 0 Å². The van der Waals surface area contributed by atoms with Gasteiger partial charge in [0.05, 0.1) is 0 Å². The fraction of sp³-hybridized carbons (Fsp3) is 0.333. The maximum Gasteiger partial charge on any atom is 0.338 e. The molecule has 0 spiro atoms. The molecule has 0 aromatic heterocycles. The summed E-state index contributed by atoms with van der Waals surface area (Å²) >= 11 is 16.5. The van der Waals surface area contributed by atoms with Crippen LogP contribution >= 0.6 is 34.8 Å². The molecule has 0 fully saturated rings. The zero-order chi connectivity index (χ0) is 10.1. The topological polar surface area (TPSA) is 9.23 Å². The predicted octanol–water partition coefficient (Wildman–Crippen LogP) is 4.01. The summed E-state index contributed by atoms with van der Waals surface area (Å²) < 4.78 is 3.41. The van der Waals surface area contributed by atoms with Crippen molar-refractivity contribution in [3.8, 4) is 5.75 Å². The molecule has 0 heterocycles. The Bertz CT molecular complexity index is 304. The number of hydrogen-bond donors (Lipinski definition) is 0. The van der Waals surface area contributed by atoms with Gasteiger partial charge in [-0.15, -0.1) is 0 Å². The van der Waals surface area contributed by atoms with Gasteiger partial charge < -0.3 is 4.74 Å². The van der Waals surface area contributed by atoms with E-state index in [1.54, 1.807) is 0 Å². The summed E-state index contributed by atoms with van der Waals surface area (Å²) in [5.74, 6) is 0.597. The average molecular weight is 240 g/mol. The molecule has 1 aromatic carbocycles. The minimum atomic E-state index is -1.70. The van der Waals surface area contributed by atoms with Crippen molar-refractivity contribution in [2.75, 3.05) is 0 Å². The molecule has 13 heavy (non-hydrogen) atoms. The Morgan fingerprint density at radius 3 is 2.31 bits per heavy atom. The molecule has 0 bridgehead atoms. The highest BCUT2D eigenvalue weighted by Gasteiger charge is 2.22. The van der Waals surface area contributed by atoms with Crippen LogP contribution in [0.1, 0.15) is 11.1 Å². The molecule has 0 aliphatic carbocycles. The number of aryl methyl sites for hydroxylation is 2. The van der Waals surface area contributed by atoms with Gasteiger partial charge in [0.25, 0.3) is 0 Å². The van der Waals surface area contributed by atoms with Gasteiger partial charge in [-0.1, -0.05) is 12.1 Å². The van der Waals surface area contributed by atoms with Crippen LogP contribution in [0.5, 0.6) is 5.75 Å². The third-order valence-corrected chi connectivity index (χ3v) is 1.80. The highest BCUT2D eigenvalue weighted by atomic mass is 35.6. The molecule has 0 aliphatic heterocycles. The lowest BCUT2D eigenvalue weighted by molar-refractivity contribution is 0.318. The number of rotatable bonds is 1. The van der Waals surface area contributed by atoms with Crippen molar-refractivity contribution in [1.29, 1.82) is 0 Å². The summed E-state index contributed by atoms with van der Waals surface area (Å²) in [4.78, 5) is 0. The van der Waals surface area contributed by atoms with Crippen molar-refractivity contribution < 1.29 is 4.74 Å². The van der Waals surface area contributed by atoms with Gasteiger partial charge in [0.2, 0.25) is 0 Å². The molecule has 4 heteroatoms. The quantitative estimate of drug-likeness (QED) is 0.673. The number of alkyl halides is 3. The number of hydrogen-bond acceptors (Lipinski definition) is 1. The minimum Gasteiger partial charge on any atom is -0.445 e. The third kappa shape index (κ3) is 3.63. The van der Waals surface area contributed by atoms with Gasteiger partial charge in [0, 0.05) is 0 Å². The van der Waals surface area contributed by atoms with Crippen molar-refractivity contribution in [3.63, 3.8) is 0 Å². The van der Waals surface area contributed by atoms with Gasteiger partial charge in [-0.3, -0.25) is 0 Å². The molecular formula is C9H9Cl3O. The molecule has 0 N–H and O–H groups in total. The number of halogens is 3. The van der Waals surface area contributed by atoms with Crippen LogP contribution in [0, 0.1) is 13.8 Å². The highest BCUT2D eigenvalue weighted by molar-refractivity contribution is 6.66. The van der Waals surface area contributed by atoms with E-state index in [-0.39, 0.29) is 0 Å². The molecule has 1 rings (SSSR count). The summed E-state index contributed by atoms with van der Waals surface area (Å²) in [6, 6.07) is 5.72. The maximum atomic E-state index is 5.50. The SMILES string of the molecule is Cc1ccc(C)c(OC(Cl)(Cl)Cl)c1. The lowest BCUT2D eigenvalue weighted by Crippen LogP contribution is -2.13. The van der Waals surface area contributed by atoms with Crippen LogP contribution in [0.25, 0.3) is 0 Å². The first-order chi connectivity index (χ1) is 5.88. The lowest BCUT2D eigenvalue weighted by Gasteiger charge is -2.15. The Labute approximate surface area is 92.5 Å². The second kappa shape index (κ2) is 3.95. The molecule has 1 nitrogen and oxygen atoms in total. The highest BCUT2D eigenvalue weighted by Crippen LogP contribution is 2.32. The van der Waals surface area contributed by atoms with E-state index in [4.69, 9.17) is 39.5 Å². The summed E-state index contributed by atoms with van der Waals surface area (Å²) in [6.07, 6.45) is 0. The van der Waals surface area contributed by atoms with Crippen LogP contribution in [0.15, 0.2) is 18.2 Å². The van der Waals surface area contributed by atoms with Gasteiger partial charge >= 0.3 is 3.98 Å². The second-order valence-electron chi connectivity index (χ2n) is 2.82. The van der Waals surface area contributed by atoms with Gasteiger partial charge in [0.1, 0.15) is 5.75 Å². The van der Waals surface area contributed by atoms with Crippen molar-refractivity contribution in [2.45, 2.75) is 17.8 Å². The van der Waals surface area contributed by atoms with Crippen LogP contribution in [-0.2, 0) is 0 Å². The Morgan fingerprint density at radius 1 is 1.15 bits per heavy atom. The Balaban J connectivity index is 2.94. The van der Waals surface area contributed by atoms with Gasteiger partial charge in [0.15, 0.2) is 0 Å². The number of ether oxygens (including phenoxy) is 1. The lowest BCUT2D eigenvalue weighted by atomic mass is 10.1. The smallest absolute Gasteiger partial charge is 0.338 e. The average Bonchev–Trinajstić information content (AvgIpc) is 1.94. The van der Waals surface area contributed by atoms with Crippen LogP contribution < -0.4 is 4.74 Å². The minimum absolute atomic E-state index is 0.597. The first-order valence-electron chi connectivity index (χ1n) is 3.71. The Kier molecular flexibility index (Phi) is 3.33. The zero-order valence-electron chi connectivity index (χ0n) is 7.27. The van der Waals surface area contributed by atoms with E-state index < -0.39 is 3.98 Å².